The fourth-order valence-corrected chi connectivity index (χ4v) is 3.62. The minimum absolute atomic E-state index is 0.0278. The summed E-state index contributed by atoms with van der Waals surface area (Å²) in [6.45, 7) is 0. The zero-order chi connectivity index (χ0) is 17.7. The normalized spacial score (nSPS) is 26.5. The molecule has 0 amide bonds. The molecule has 1 rings (SSSR count). The molecule has 1 aliphatic carbocycles. The Hall–Kier alpha value is -0.160. The van der Waals surface area contributed by atoms with Crippen molar-refractivity contribution in [1.29, 1.82) is 0 Å². The molecule has 1 aliphatic rings. The first-order valence-corrected chi connectivity index (χ1v) is 10.4. The van der Waals surface area contributed by atoms with Crippen molar-refractivity contribution in [3.05, 3.63) is 0 Å². The fourth-order valence-electron chi connectivity index (χ4n) is 3.62. The van der Waals surface area contributed by atoms with Crippen LogP contribution in [0.4, 0.5) is 0 Å². The molecular formula is C20H40O4. The third-order valence-electron chi connectivity index (χ3n) is 5.44. The summed E-state index contributed by atoms with van der Waals surface area (Å²) in [4.78, 5) is 0. The van der Waals surface area contributed by atoms with Gasteiger partial charge in [-0.2, -0.15) is 0 Å². The largest absolute Gasteiger partial charge is 0.361 e. The first-order valence-electron chi connectivity index (χ1n) is 10.4. The van der Waals surface area contributed by atoms with Crippen LogP contribution in [0.15, 0.2) is 0 Å². The minimum Gasteiger partial charge on any atom is -0.361 e. The molecule has 0 heterocycles. The molecule has 0 saturated heterocycles. The van der Waals surface area contributed by atoms with Gasteiger partial charge in [-0.3, -0.25) is 0 Å². The predicted molar refractivity (Wildman–Crippen MR) is 97.4 cm³/mol. The van der Waals surface area contributed by atoms with Gasteiger partial charge in [0.2, 0.25) is 11.6 Å². The lowest BCUT2D eigenvalue weighted by molar-refractivity contribution is -0.361. The Morgan fingerprint density at radius 2 is 0.458 bits per heavy atom. The van der Waals surface area contributed by atoms with E-state index in [-0.39, 0.29) is 12.8 Å². The summed E-state index contributed by atoms with van der Waals surface area (Å²) >= 11 is 0. The van der Waals surface area contributed by atoms with Gasteiger partial charge in [0.05, 0.1) is 0 Å². The van der Waals surface area contributed by atoms with Gasteiger partial charge >= 0.3 is 0 Å². The molecular weight excluding hydrogens is 304 g/mol. The monoisotopic (exact) mass is 344 g/mol. The lowest BCUT2D eigenvalue weighted by Crippen LogP contribution is -2.54. The van der Waals surface area contributed by atoms with Crippen LogP contribution in [-0.2, 0) is 0 Å². The lowest BCUT2D eigenvalue weighted by atomic mass is 9.93. The van der Waals surface area contributed by atoms with Gasteiger partial charge in [0, 0.05) is 12.8 Å². The number of hydrogen-bond acceptors (Lipinski definition) is 4. The van der Waals surface area contributed by atoms with Crippen LogP contribution in [0.2, 0.25) is 0 Å². The van der Waals surface area contributed by atoms with Gasteiger partial charge in [0.25, 0.3) is 0 Å². The molecule has 4 N–H and O–H groups in total. The van der Waals surface area contributed by atoms with E-state index in [9.17, 15) is 20.4 Å². The first-order chi connectivity index (χ1) is 11.5. The standard InChI is InChI=1S/C20H40O4/c21-19(22)17-15-13-11-9-7-5-3-1-2-4-6-8-10-12-14-16-18-20(19,23)24/h21-24H,1-18H2. The summed E-state index contributed by atoms with van der Waals surface area (Å²) in [6.07, 6.45) is 18.2. The van der Waals surface area contributed by atoms with E-state index in [0.717, 1.165) is 25.7 Å². The number of hydrogen-bond donors (Lipinski definition) is 4. The Balaban J connectivity index is 2.36. The van der Waals surface area contributed by atoms with Crippen molar-refractivity contribution in [3.8, 4) is 0 Å². The average molecular weight is 345 g/mol. The highest BCUT2D eigenvalue weighted by atomic mass is 16.6. The Morgan fingerprint density at radius 1 is 0.292 bits per heavy atom. The van der Waals surface area contributed by atoms with E-state index in [0.29, 0.717) is 12.8 Å². The second-order valence-electron chi connectivity index (χ2n) is 7.79. The second-order valence-corrected chi connectivity index (χ2v) is 7.79. The van der Waals surface area contributed by atoms with Gasteiger partial charge in [-0.25, -0.2) is 0 Å². The Morgan fingerprint density at radius 3 is 0.667 bits per heavy atom. The predicted octanol–water partition coefficient (Wildman–Crippen LogP) is 4.38. The molecule has 4 nitrogen and oxygen atoms in total. The van der Waals surface area contributed by atoms with Gasteiger partial charge in [0.1, 0.15) is 0 Å². The Labute approximate surface area is 148 Å². The zero-order valence-corrected chi connectivity index (χ0v) is 15.5. The SMILES string of the molecule is OC1(O)CCCCCCCCCCCCCCCCCCC1(O)O. The molecule has 0 bridgehead atoms. The number of rotatable bonds is 0. The smallest absolute Gasteiger partial charge is 0.218 e. The molecule has 24 heavy (non-hydrogen) atoms. The second kappa shape index (κ2) is 12.2. The van der Waals surface area contributed by atoms with Crippen molar-refractivity contribution in [2.24, 2.45) is 0 Å². The lowest BCUT2D eigenvalue weighted by Gasteiger charge is -2.35. The van der Waals surface area contributed by atoms with E-state index in [1.165, 1.54) is 64.2 Å². The summed E-state index contributed by atoms with van der Waals surface area (Å²) in [5, 5.41) is 40.1. The summed E-state index contributed by atoms with van der Waals surface area (Å²) in [6, 6.07) is 0. The quantitative estimate of drug-likeness (QED) is 0.492. The third kappa shape index (κ3) is 9.36. The molecule has 144 valence electrons. The maximum atomic E-state index is 10.0. The maximum absolute atomic E-state index is 10.0. The van der Waals surface area contributed by atoms with E-state index in [2.05, 4.69) is 0 Å². The molecule has 1 saturated carbocycles. The van der Waals surface area contributed by atoms with Crippen molar-refractivity contribution in [3.63, 3.8) is 0 Å². The molecule has 0 unspecified atom stereocenters. The topological polar surface area (TPSA) is 80.9 Å². The van der Waals surface area contributed by atoms with Crippen LogP contribution in [0.1, 0.15) is 116 Å². The van der Waals surface area contributed by atoms with Crippen molar-refractivity contribution >= 4 is 0 Å². The molecule has 0 aromatic carbocycles. The van der Waals surface area contributed by atoms with Crippen molar-refractivity contribution in [1.82, 2.24) is 0 Å². The third-order valence-corrected chi connectivity index (χ3v) is 5.44. The molecule has 4 heteroatoms. The van der Waals surface area contributed by atoms with Gasteiger partial charge in [-0.05, 0) is 12.8 Å². The number of aliphatic hydroxyl groups is 4. The van der Waals surface area contributed by atoms with Gasteiger partial charge in [0.15, 0.2) is 0 Å². The summed E-state index contributed by atoms with van der Waals surface area (Å²) in [7, 11) is 0. The molecule has 0 aromatic rings. The molecule has 0 aromatic heterocycles. The van der Waals surface area contributed by atoms with Crippen LogP contribution < -0.4 is 0 Å². The van der Waals surface area contributed by atoms with E-state index in [4.69, 9.17) is 0 Å². The fraction of sp³-hybridized carbons (Fsp3) is 1.00. The molecule has 0 spiro atoms. The van der Waals surface area contributed by atoms with E-state index in [1.54, 1.807) is 0 Å². The maximum Gasteiger partial charge on any atom is 0.218 e. The molecule has 1 fully saturated rings. The Kier molecular flexibility index (Phi) is 11.2. The highest BCUT2D eigenvalue weighted by molar-refractivity contribution is 4.82. The van der Waals surface area contributed by atoms with Crippen LogP contribution in [-0.4, -0.2) is 32.0 Å². The van der Waals surface area contributed by atoms with E-state index >= 15 is 0 Å². The van der Waals surface area contributed by atoms with Crippen LogP contribution >= 0.6 is 0 Å². The summed E-state index contributed by atoms with van der Waals surface area (Å²) in [5.41, 5.74) is 0. The van der Waals surface area contributed by atoms with Crippen LogP contribution in [0, 0.1) is 0 Å². The summed E-state index contributed by atoms with van der Waals surface area (Å²) < 4.78 is 0. The van der Waals surface area contributed by atoms with Crippen molar-refractivity contribution in [2.75, 3.05) is 0 Å². The molecule has 0 aliphatic heterocycles. The van der Waals surface area contributed by atoms with Gasteiger partial charge < -0.3 is 20.4 Å². The van der Waals surface area contributed by atoms with Crippen molar-refractivity contribution < 1.29 is 20.4 Å². The highest BCUT2D eigenvalue weighted by Gasteiger charge is 2.45. The van der Waals surface area contributed by atoms with Crippen LogP contribution in [0.3, 0.4) is 0 Å². The van der Waals surface area contributed by atoms with Crippen molar-refractivity contribution in [2.45, 2.75) is 127 Å². The molecule has 0 atom stereocenters. The Bertz CT molecular complexity index is 272. The average Bonchev–Trinajstić information content (AvgIpc) is 2.52. The van der Waals surface area contributed by atoms with Gasteiger partial charge in [-0.15, -0.1) is 0 Å². The zero-order valence-electron chi connectivity index (χ0n) is 15.5. The van der Waals surface area contributed by atoms with E-state index < -0.39 is 11.6 Å². The van der Waals surface area contributed by atoms with Crippen LogP contribution in [0.25, 0.3) is 0 Å². The summed E-state index contributed by atoms with van der Waals surface area (Å²) in [5.74, 6) is -4.79. The first kappa shape index (κ1) is 21.9. The van der Waals surface area contributed by atoms with E-state index in [1.807, 2.05) is 0 Å². The van der Waals surface area contributed by atoms with Gasteiger partial charge in [-0.1, -0.05) is 89.9 Å². The van der Waals surface area contributed by atoms with Crippen LogP contribution in [0.5, 0.6) is 0 Å². The molecule has 0 radical (unpaired) electrons. The highest BCUT2D eigenvalue weighted by Crippen LogP contribution is 2.29. The minimum atomic E-state index is -2.40.